The molecule has 0 aliphatic rings. The first-order chi connectivity index (χ1) is 13.6. The third-order valence-corrected chi connectivity index (χ3v) is 5.64. The van der Waals surface area contributed by atoms with Crippen LogP contribution in [0.4, 0.5) is 10.1 Å². The second kappa shape index (κ2) is 9.84. The lowest BCUT2D eigenvalue weighted by Gasteiger charge is -2.20. The molecule has 158 valence electrons. The molecule has 2 N–H and O–H groups in total. The van der Waals surface area contributed by atoms with Crippen LogP contribution in [0.3, 0.4) is 0 Å². The minimum Gasteiger partial charge on any atom is -0.491 e. The molecule has 2 aromatic carbocycles. The summed E-state index contributed by atoms with van der Waals surface area (Å²) in [6, 6.07) is 9.42. The Bertz CT molecular complexity index is 944. The third-order valence-electron chi connectivity index (χ3n) is 4.15. The molecule has 1 amide bonds. The zero-order chi connectivity index (χ0) is 21.6. The molecule has 0 heterocycles. The van der Waals surface area contributed by atoms with Crippen molar-refractivity contribution in [2.24, 2.45) is 5.92 Å². The number of hydrogen-bond acceptors (Lipinski definition) is 4. The van der Waals surface area contributed by atoms with E-state index in [1.165, 1.54) is 24.3 Å². The quantitative estimate of drug-likeness (QED) is 0.643. The Morgan fingerprint density at radius 2 is 1.79 bits per heavy atom. The SMILES string of the molecule is CCOc1ccc(NC(=O)C(CC(C)C)NS(=O)(=O)c2ccc(C)cc2)cc1F. The summed E-state index contributed by atoms with van der Waals surface area (Å²) in [6.07, 6.45) is 0.288. The van der Waals surface area contributed by atoms with Crippen molar-refractivity contribution in [2.45, 2.75) is 45.1 Å². The number of hydrogen-bond donors (Lipinski definition) is 2. The van der Waals surface area contributed by atoms with Crippen molar-refractivity contribution < 1.29 is 22.3 Å². The summed E-state index contributed by atoms with van der Waals surface area (Å²) in [6.45, 7) is 7.69. The highest BCUT2D eigenvalue weighted by molar-refractivity contribution is 7.89. The lowest BCUT2D eigenvalue weighted by molar-refractivity contribution is -0.118. The Kier molecular flexibility index (Phi) is 7.75. The van der Waals surface area contributed by atoms with E-state index in [4.69, 9.17) is 4.74 Å². The van der Waals surface area contributed by atoms with Gasteiger partial charge in [-0.3, -0.25) is 4.79 Å². The van der Waals surface area contributed by atoms with Crippen LogP contribution in [0.5, 0.6) is 5.75 Å². The molecule has 2 rings (SSSR count). The highest BCUT2D eigenvalue weighted by Crippen LogP contribution is 2.22. The van der Waals surface area contributed by atoms with E-state index in [1.807, 2.05) is 20.8 Å². The van der Waals surface area contributed by atoms with E-state index in [0.29, 0.717) is 6.61 Å². The van der Waals surface area contributed by atoms with Gasteiger partial charge in [0.15, 0.2) is 11.6 Å². The molecule has 0 fully saturated rings. The number of rotatable bonds is 9. The van der Waals surface area contributed by atoms with Gasteiger partial charge in [-0.25, -0.2) is 12.8 Å². The molecule has 0 aromatic heterocycles. The Morgan fingerprint density at radius 1 is 1.14 bits per heavy atom. The van der Waals surface area contributed by atoms with Crippen molar-refractivity contribution in [1.29, 1.82) is 0 Å². The number of halogens is 1. The van der Waals surface area contributed by atoms with Gasteiger partial charge in [0.25, 0.3) is 0 Å². The van der Waals surface area contributed by atoms with Crippen LogP contribution < -0.4 is 14.8 Å². The van der Waals surface area contributed by atoms with Crippen molar-refractivity contribution >= 4 is 21.6 Å². The fourth-order valence-corrected chi connectivity index (χ4v) is 3.94. The molecule has 6 nitrogen and oxygen atoms in total. The fourth-order valence-electron chi connectivity index (χ4n) is 2.73. The number of anilines is 1. The van der Waals surface area contributed by atoms with Gasteiger partial charge in [-0.05, 0) is 50.5 Å². The largest absolute Gasteiger partial charge is 0.491 e. The van der Waals surface area contributed by atoms with Crippen LogP contribution in [0.1, 0.15) is 32.8 Å². The van der Waals surface area contributed by atoms with Gasteiger partial charge in [-0.2, -0.15) is 4.72 Å². The van der Waals surface area contributed by atoms with Crippen molar-refractivity contribution in [3.8, 4) is 5.75 Å². The fraction of sp³-hybridized carbons (Fsp3) is 0.381. The molecular formula is C21H27FN2O4S. The molecule has 0 aliphatic heterocycles. The van der Waals surface area contributed by atoms with Gasteiger partial charge in [0.1, 0.15) is 6.04 Å². The van der Waals surface area contributed by atoms with E-state index in [0.717, 1.165) is 11.6 Å². The number of ether oxygens (including phenoxy) is 1. The van der Waals surface area contributed by atoms with E-state index in [9.17, 15) is 17.6 Å². The summed E-state index contributed by atoms with van der Waals surface area (Å²) in [4.78, 5) is 12.8. The van der Waals surface area contributed by atoms with Crippen LogP contribution in [0.25, 0.3) is 0 Å². The molecule has 0 saturated heterocycles. The minimum atomic E-state index is -3.89. The summed E-state index contributed by atoms with van der Waals surface area (Å²) >= 11 is 0. The van der Waals surface area contributed by atoms with Gasteiger partial charge in [-0.15, -0.1) is 0 Å². The number of aryl methyl sites for hydroxylation is 1. The number of nitrogens with one attached hydrogen (secondary N) is 2. The number of amides is 1. The van der Waals surface area contributed by atoms with Gasteiger partial charge in [-0.1, -0.05) is 31.5 Å². The first-order valence-electron chi connectivity index (χ1n) is 9.44. The monoisotopic (exact) mass is 422 g/mol. The standard InChI is InChI=1S/C21H27FN2O4S/c1-5-28-20-11-8-16(13-18(20)22)23-21(25)19(12-14(2)3)24-29(26,27)17-9-6-15(4)7-10-17/h6-11,13-14,19,24H,5,12H2,1-4H3,(H,23,25). The van der Waals surface area contributed by atoms with Gasteiger partial charge in [0.2, 0.25) is 15.9 Å². The van der Waals surface area contributed by atoms with Gasteiger partial charge in [0.05, 0.1) is 11.5 Å². The first kappa shape index (κ1) is 22.8. The predicted molar refractivity (Wildman–Crippen MR) is 111 cm³/mol. The van der Waals surface area contributed by atoms with Crippen molar-refractivity contribution in [1.82, 2.24) is 4.72 Å². The molecule has 0 radical (unpaired) electrons. The average molecular weight is 423 g/mol. The number of carbonyl (C=O) groups is 1. The molecule has 1 unspecified atom stereocenters. The Hall–Kier alpha value is -2.45. The summed E-state index contributed by atoms with van der Waals surface area (Å²) < 4.78 is 47.0. The normalized spacial score (nSPS) is 12.6. The van der Waals surface area contributed by atoms with E-state index in [2.05, 4.69) is 10.0 Å². The first-order valence-corrected chi connectivity index (χ1v) is 10.9. The predicted octanol–water partition coefficient (Wildman–Crippen LogP) is 3.86. The van der Waals surface area contributed by atoms with Crippen LogP contribution in [0.15, 0.2) is 47.4 Å². The van der Waals surface area contributed by atoms with E-state index < -0.39 is 27.8 Å². The Morgan fingerprint density at radius 3 is 2.34 bits per heavy atom. The molecular weight excluding hydrogens is 395 g/mol. The second-order valence-corrected chi connectivity index (χ2v) is 8.90. The summed E-state index contributed by atoms with van der Waals surface area (Å²) in [5.41, 5.74) is 1.15. The Balaban J connectivity index is 2.19. The molecule has 2 aromatic rings. The van der Waals surface area contributed by atoms with E-state index in [1.54, 1.807) is 19.1 Å². The highest BCUT2D eigenvalue weighted by Gasteiger charge is 2.26. The third kappa shape index (κ3) is 6.54. The zero-order valence-corrected chi connectivity index (χ0v) is 17.8. The molecule has 1 atom stereocenters. The van der Waals surface area contributed by atoms with Crippen LogP contribution in [0, 0.1) is 18.7 Å². The van der Waals surface area contributed by atoms with Gasteiger partial charge >= 0.3 is 0 Å². The minimum absolute atomic E-state index is 0.0588. The summed E-state index contributed by atoms with van der Waals surface area (Å²) in [7, 11) is -3.89. The Labute approximate surface area is 171 Å². The van der Waals surface area contributed by atoms with E-state index >= 15 is 0 Å². The number of carbonyl (C=O) groups excluding carboxylic acids is 1. The number of benzene rings is 2. The lowest BCUT2D eigenvalue weighted by atomic mass is 10.0. The maximum Gasteiger partial charge on any atom is 0.242 e. The van der Waals surface area contributed by atoms with Gasteiger partial charge < -0.3 is 10.1 Å². The topological polar surface area (TPSA) is 84.5 Å². The average Bonchev–Trinajstić information content (AvgIpc) is 2.63. The smallest absolute Gasteiger partial charge is 0.242 e. The number of sulfonamides is 1. The molecule has 0 aliphatic carbocycles. The second-order valence-electron chi connectivity index (χ2n) is 7.18. The molecule has 0 spiro atoms. The zero-order valence-electron chi connectivity index (χ0n) is 17.0. The van der Waals surface area contributed by atoms with Gasteiger partial charge in [0, 0.05) is 11.8 Å². The molecule has 8 heteroatoms. The maximum atomic E-state index is 14.0. The van der Waals surface area contributed by atoms with Crippen LogP contribution in [-0.4, -0.2) is 27.0 Å². The van der Waals surface area contributed by atoms with E-state index in [-0.39, 0.29) is 28.7 Å². The molecule has 29 heavy (non-hydrogen) atoms. The summed E-state index contributed by atoms with van der Waals surface area (Å²) in [5, 5.41) is 2.58. The summed E-state index contributed by atoms with van der Waals surface area (Å²) in [5.74, 6) is -1.02. The van der Waals surface area contributed by atoms with Crippen LogP contribution in [-0.2, 0) is 14.8 Å². The highest BCUT2D eigenvalue weighted by atomic mass is 32.2. The maximum absolute atomic E-state index is 14.0. The molecule has 0 saturated carbocycles. The van der Waals surface area contributed by atoms with Crippen molar-refractivity contribution in [3.63, 3.8) is 0 Å². The van der Waals surface area contributed by atoms with Crippen molar-refractivity contribution in [3.05, 3.63) is 53.8 Å². The van der Waals surface area contributed by atoms with Crippen LogP contribution in [0.2, 0.25) is 0 Å². The molecule has 0 bridgehead atoms. The lowest BCUT2D eigenvalue weighted by Crippen LogP contribution is -2.44. The van der Waals surface area contributed by atoms with Crippen LogP contribution >= 0.6 is 0 Å². The van der Waals surface area contributed by atoms with Crippen molar-refractivity contribution in [2.75, 3.05) is 11.9 Å².